The van der Waals surface area contributed by atoms with E-state index in [-0.39, 0.29) is 0 Å². The smallest absolute Gasteiger partial charge is 0.127 e. The third-order valence-corrected chi connectivity index (χ3v) is 2.81. The SMILES string of the molecule is c1ccc(OCC2=Nc3ccccc3C2)cc1. The fourth-order valence-electron chi connectivity index (χ4n) is 1.97. The van der Waals surface area contributed by atoms with Crippen molar-refractivity contribution in [3.05, 3.63) is 60.2 Å². The van der Waals surface area contributed by atoms with Gasteiger partial charge < -0.3 is 4.74 Å². The van der Waals surface area contributed by atoms with Crippen LogP contribution in [0.25, 0.3) is 0 Å². The Hall–Kier alpha value is -2.09. The van der Waals surface area contributed by atoms with E-state index in [2.05, 4.69) is 17.1 Å². The van der Waals surface area contributed by atoms with E-state index in [1.807, 2.05) is 42.5 Å². The van der Waals surface area contributed by atoms with Crippen LogP contribution in [0.15, 0.2) is 59.6 Å². The van der Waals surface area contributed by atoms with Crippen LogP contribution in [0.1, 0.15) is 5.56 Å². The van der Waals surface area contributed by atoms with Gasteiger partial charge in [0.25, 0.3) is 0 Å². The Bertz CT molecular complexity index is 546. The Morgan fingerprint density at radius 3 is 2.53 bits per heavy atom. The number of fused-ring (bicyclic) bond motifs is 1. The van der Waals surface area contributed by atoms with Crippen molar-refractivity contribution in [2.75, 3.05) is 6.61 Å². The molecule has 17 heavy (non-hydrogen) atoms. The Balaban J connectivity index is 1.66. The molecule has 0 N–H and O–H groups in total. The lowest BCUT2D eigenvalue weighted by molar-refractivity contribution is 0.375. The van der Waals surface area contributed by atoms with Crippen LogP contribution in [0.2, 0.25) is 0 Å². The summed E-state index contributed by atoms with van der Waals surface area (Å²) in [5, 5.41) is 0. The molecular formula is C15H13NO. The van der Waals surface area contributed by atoms with Crippen LogP contribution in [-0.2, 0) is 6.42 Å². The quantitative estimate of drug-likeness (QED) is 0.781. The second kappa shape index (κ2) is 4.42. The van der Waals surface area contributed by atoms with Crippen molar-refractivity contribution in [3.8, 4) is 5.75 Å². The molecule has 0 radical (unpaired) electrons. The van der Waals surface area contributed by atoms with Gasteiger partial charge in [-0.25, -0.2) is 0 Å². The molecule has 0 fully saturated rings. The summed E-state index contributed by atoms with van der Waals surface area (Å²) in [5.41, 5.74) is 3.47. The maximum absolute atomic E-state index is 5.69. The predicted octanol–water partition coefficient (Wildman–Crippen LogP) is 3.39. The van der Waals surface area contributed by atoms with Gasteiger partial charge in [-0.3, -0.25) is 4.99 Å². The van der Waals surface area contributed by atoms with Crippen molar-refractivity contribution in [1.29, 1.82) is 0 Å². The fraction of sp³-hybridized carbons (Fsp3) is 0.133. The number of hydrogen-bond acceptors (Lipinski definition) is 2. The largest absolute Gasteiger partial charge is 0.488 e. The molecule has 0 saturated carbocycles. The summed E-state index contributed by atoms with van der Waals surface area (Å²) in [6.07, 6.45) is 0.906. The molecule has 1 heterocycles. The van der Waals surface area contributed by atoms with Crippen molar-refractivity contribution < 1.29 is 4.74 Å². The van der Waals surface area contributed by atoms with Gasteiger partial charge >= 0.3 is 0 Å². The van der Waals surface area contributed by atoms with Gasteiger partial charge in [0.1, 0.15) is 12.4 Å². The Morgan fingerprint density at radius 2 is 1.71 bits per heavy atom. The molecule has 0 spiro atoms. The Morgan fingerprint density at radius 1 is 0.941 bits per heavy atom. The molecule has 1 aliphatic heterocycles. The molecule has 0 aliphatic carbocycles. The van der Waals surface area contributed by atoms with Crippen LogP contribution in [0, 0.1) is 0 Å². The first-order chi connectivity index (χ1) is 8.42. The molecule has 0 aromatic heterocycles. The van der Waals surface area contributed by atoms with E-state index in [1.54, 1.807) is 0 Å². The first-order valence-corrected chi connectivity index (χ1v) is 5.74. The van der Waals surface area contributed by atoms with Crippen LogP contribution < -0.4 is 4.74 Å². The summed E-state index contributed by atoms with van der Waals surface area (Å²) >= 11 is 0. The molecule has 2 heteroatoms. The molecular weight excluding hydrogens is 210 g/mol. The summed E-state index contributed by atoms with van der Waals surface area (Å²) in [6.45, 7) is 0.568. The average molecular weight is 223 g/mol. The highest BCUT2D eigenvalue weighted by Gasteiger charge is 2.13. The molecule has 0 bridgehead atoms. The van der Waals surface area contributed by atoms with Gasteiger partial charge in [-0.15, -0.1) is 0 Å². The molecule has 0 saturated heterocycles. The van der Waals surface area contributed by atoms with E-state index in [9.17, 15) is 0 Å². The number of ether oxygens (including phenoxy) is 1. The highest BCUT2D eigenvalue weighted by molar-refractivity contribution is 5.95. The van der Waals surface area contributed by atoms with Crippen molar-refractivity contribution in [1.82, 2.24) is 0 Å². The average Bonchev–Trinajstić information content (AvgIpc) is 2.80. The van der Waals surface area contributed by atoms with E-state index in [0.717, 1.165) is 23.6 Å². The van der Waals surface area contributed by atoms with Crippen LogP contribution in [-0.4, -0.2) is 12.3 Å². The van der Waals surface area contributed by atoms with Crippen molar-refractivity contribution in [2.24, 2.45) is 4.99 Å². The highest BCUT2D eigenvalue weighted by atomic mass is 16.5. The highest BCUT2D eigenvalue weighted by Crippen LogP contribution is 2.26. The first-order valence-electron chi connectivity index (χ1n) is 5.74. The number of hydrogen-bond donors (Lipinski definition) is 0. The van der Waals surface area contributed by atoms with Crippen LogP contribution in [0.5, 0.6) is 5.75 Å². The molecule has 2 nitrogen and oxygen atoms in total. The van der Waals surface area contributed by atoms with Gasteiger partial charge in [-0.05, 0) is 23.8 Å². The number of nitrogens with zero attached hydrogens (tertiary/aromatic N) is 1. The topological polar surface area (TPSA) is 21.6 Å². The zero-order chi connectivity index (χ0) is 11.5. The zero-order valence-electron chi connectivity index (χ0n) is 9.47. The molecule has 2 aromatic carbocycles. The number of benzene rings is 2. The van der Waals surface area contributed by atoms with Crippen molar-refractivity contribution >= 4 is 11.4 Å². The monoisotopic (exact) mass is 223 g/mol. The second-order valence-electron chi connectivity index (χ2n) is 4.09. The molecule has 0 atom stereocenters. The molecule has 2 aromatic rings. The third-order valence-electron chi connectivity index (χ3n) is 2.81. The number of aliphatic imine (C=N–C) groups is 1. The lowest BCUT2D eigenvalue weighted by Crippen LogP contribution is -2.11. The lowest BCUT2D eigenvalue weighted by Gasteiger charge is -2.04. The third kappa shape index (κ3) is 2.21. The standard InChI is InChI=1S/C15H13NO/c1-2-7-14(8-3-1)17-11-13-10-12-6-4-5-9-15(12)16-13/h1-9H,10-11H2. The van der Waals surface area contributed by atoms with Gasteiger partial charge in [0.15, 0.2) is 0 Å². The number of rotatable bonds is 3. The molecule has 0 unspecified atom stereocenters. The normalized spacial score (nSPS) is 13.1. The second-order valence-corrected chi connectivity index (χ2v) is 4.09. The molecule has 1 aliphatic rings. The van der Waals surface area contributed by atoms with Gasteiger partial charge in [0.2, 0.25) is 0 Å². The van der Waals surface area contributed by atoms with E-state index in [4.69, 9.17) is 4.74 Å². The van der Waals surface area contributed by atoms with E-state index in [0.29, 0.717) is 6.61 Å². The Kier molecular flexibility index (Phi) is 2.62. The predicted molar refractivity (Wildman–Crippen MR) is 69.2 cm³/mol. The minimum atomic E-state index is 0.568. The zero-order valence-corrected chi connectivity index (χ0v) is 9.47. The summed E-state index contributed by atoms with van der Waals surface area (Å²) < 4.78 is 5.69. The van der Waals surface area contributed by atoms with Gasteiger partial charge in [0, 0.05) is 6.42 Å². The maximum Gasteiger partial charge on any atom is 0.127 e. The minimum absolute atomic E-state index is 0.568. The lowest BCUT2D eigenvalue weighted by atomic mass is 10.1. The molecule has 3 rings (SSSR count). The molecule has 0 amide bonds. The van der Waals surface area contributed by atoms with Crippen LogP contribution in [0.3, 0.4) is 0 Å². The van der Waals surface area contributed by atoms with E-state index >= 15 is 0 Å². The Labute approximate surface area is 101 Å². The van der Waals surface area contributed by atoms with Gasteiger partial charge in [-0.2, -0.15) is 0 Å². The minimum Gasteiger partial charge on any atom is -0.488 e. The van der Waals surface area contributed by atoms with Gasteiger partial charge in [0.05, 0.1) is 11.4 Å². The summed E-state index contributed by atoms with van der Waals surface area (Å²) in [7, 11) is 0. The summed E-state index contributed by atoms with van der Waals surface area (Å²) in [4.78, 5) is 4.56. The number of para-hydroxylation sites is 2. The first kappa shape index (κ1) is 10.1. The fourth-order valence-corrected chi connectivity index (χ4v) is 1.97. The summed E-state index contributed by atoms with van der Waals surface area (Å²) in [6, 6.07) is 18.1. The molecule has 84 valence electrons. The van der Waals surface area contributed by atoms with Crippen LogP contribution >= 0.6 is 0 Å². The van der Waals surface area contributed by atoms with Crippen LogP contribution in [0.4, 0.5) is 5.69 Å². The van der Waals surface area contributed by atoms with Crippen molar-refractivity contribution in [2.45, 2.75) is 6.42 Å². The summed E-state index contributed by atoms with van der Waals surface area (Å²) in [5.74, 6) is 0.895. The van der Waals surface area contributed by atoms with E-state index < -0.39 is 0 Å². The van der Waals surface area contributed by atoms with Crippen molar-refractivity contribution in [3.63, 3.8) is 0 Å². The maximum atomic E-state index is 5.69. The van der Waals surface area contributed by atoms with Gasteiger partial charge in [-0.1, -0.05) is 36.4 Å². The van der Waals surface area contributed by atoms with E-state index in [1.165, 1.54) is 5.56 Å².